The number of carbonyl (C=O) groups excluding carboxylic acids is 1. The van der Waals surface area contributed by atoms with Gasteiger partial charge in [-0.3, -0.25) is 4.79 Å². The van der Waals surface area contributed by atoms with E-state index in [9.17, 15) is 14.3 Å². The van der Waals surface area contributed by atoms with E-state index in [1.54, 1.807) is 17.8 Å². The summed E-state index contributed by atoms with van der Waals surface area (Å²) in [6.07, 6.45) is 5.36. The van der Waals surface area contributed by atoms with Gasteiger partial charge >= 0.3 is 0 Å². The van der Waals surface area contributed by atoms with Crippen molar-refractivity contribution in [2.24, 2.45) is 0 Å². The predicted octanol–water partition coefficient (Wildman–Crippen LogP) is 2.34. The summed E-state index contributed by atoms with van der Waals surface area (Å²) in [5, 5.41) is 21.0. The molecule has 11 heteroatoms. The van der Waals surface area contributed by atoms with E-state index in [1.165, 1.54) is 6.20 Å². The fourth-order valence-corrected chi connectivity index (χ4v) is 4.88. The summed E-state index contributed by atoms with van der Waals surface area (Å²) < 4.78 is 23.5. The summed E-state index contributed by atoms with van der Waals surface area (Å²) in [4.78, 5) is 22.3. The van der Waals surface area contributed by atoms with Crippen LogP contribution in [0.3, 0.4) is 0 Å². The van der Waals surface area contributed by atoms with E-state index >= 15 is 0 Å². The van der Waals surface area contributed by atoms with Gasteiger partial charge in [0.15, 0.2) is 5.65 Å². The zero-order valence-corrected chi connectivity index (χ0v) is 19.2. The smallest absolute Gasteiger partial charge is 0.257 e. The van der Waals surface area contributed by atoms with Gasteiger partial charge in [0.25, 0.3) is 5.91 Å². The van der Waals surface area contributed by atoms with E-state index in [0.29, 0.717) is 47.8 Å². The first-order chi connectivity index (χ1) is 17.0. The summed E-state index contributed by atoms with van der Waals surface area (Å²) in [6, 6.07) is 4.98. The Morgan fingerprint density at radius 1 is 1.29 bits per heavy atom. The molecule has 0 radical (unpaired) electrons. The first-order valence-corrected chi connectivity index (χ1v) is 11.8. The molecule has 4 aromatic rings. The van der Waals surface area contributed by atoms with Crippen LogP contribution in [-0.4, -0.2) is 73.7 Å². The lowest BCUT2D eigenvalue weighted by Crippen LogP contribution is -2.50. The van der Waals surface area contributed by atoms with Crippen molar-refractivity contribution >= 4 is 28.4 Å². The number of hydrogen-bond acceptors (Lipinski definition) is 7. The Bertz CT molecular complexity index is 1420. The summed E-state index contributed by atoms with van der Waals surface area (Å²) in [5.74, 6) is 0.314. The predicted molar refractivity (Wildman–Crippen MR) is 127 cm³/mol. The topological polar surface area (TPSA) is 119 Å². The molecule has 6 rings (SSSR count). The lowest BCUT2D eigenvalue weighted by molar-refractivity contribution is 0.00443. The molecule has 3 unspecified atom stereocenters. The van der Waals surface area contributed by atoms with Crippen molar-refractivity contribution in [1.29, 1.82) is 0 Å². The standard InChI is InChI=1S/C24H26FN7O3/c1-26-21-9-18(29-23-14(10-28-32(21)23)24(34)30-17-4-5-20(17)33)15-11-31(19-6-8-35-12-16(19)25)22-13(15)3-2-7-27-22/h2-3,7,9-11,16-17,19-20,26,33H,4-6,8,12H2,1H3,(H,30,34)/t16-,17?,19?,20?/m1/s1. The summed E-state index contributed by atoms with van der Waals surface area (Å²) in [5.41, 5.74) is 2.78. The second-order valence-electron chi connectivity index (χ2n) is 9.07. The van der Waals surface area contributed by atoms with Gasteiger partial charge < -0.3 is 25.0 Å². The highest BCUT2D eigenvalue weighted by Gasteiger charge is 2.32. The van der Waals surface area contributed by atoms with E-state index in [-0.39, 0.29) is 24.6 Å². The van der Waals surface area contributed by atoms with Crippen LogP contribution < -0.4 is 10.6 Å². The van der Waals surface area contributed by atoms with Crippen LogP contribution in [0.25, 0.3) is 27.9 Å². The number of aromatic nitrogens is 5. The molecule has 3 N–H and O–H groups in total. The maximum absolute atomic E-state index is 14.8. The number of amides is 1. The van der Waals surface area contributed by atoms with Crippen LogP contribution in [0.15, 0.2) is 36.8 Å². The van der Waals surface area contributed by atoms with Crippen LogP contribution in [0.4, 0.5) is 10.2 Å². The average Bonchev–Trinajstić information content (AvgIpc) is 3.48. The van der Waals surface area contributed by atoms with Crippen molar-refractivity contribution in [2.45, 2.75) is 43.6 Å². The van der Waals surface area contributed by atoms with Gasteiger partial charge in [-0.2, -0.15) is 9.61 Å². The first kappa shape index (κ1) is 21.9. The third kappa shape index (κ3) is 3.62. The number of nitrogens with one attached hydrogen (secondary N) is 2. The van der Waals surface area contributed by atoms with Crippen LogP contribution in [0.1, 0.15) is 35.7 Å². The molecule has 4 atom stereocenters. The number of pyridine rings is 1. The minimum Gasteiger partial charge on any atom is -0.391 e. The molecule has 0 spiro atoms. The van der Waals surface area contributed by atoms with Gasteiger partial charge in [0.1, 0.15) is 23.2 Å². The SMILES string of the molecule is CNc1cc(-c2cn(C3CCOC[C@H]3F)c3ncccc23)nc2c(C(=O)NC3CCC3O)cnn12. The molecule has 1 amide bonds. The molecule has 1 aliphatic carbocycles. The molecule has 1 aliphatic heterocycles. The molecule has 10 nitrogen and oxygen atoms in total. The highest BCUT2D eigenvalue weighted by molar-refractivity contribution is 6.01. The molecule has 0 bridgehead atoms. The van der Waals surface area contributed by atoms with Crippen LogP contribution in [-0.2, 0) is 4.74 Å². The summed E-state index contributed by atoms with van der Waals surface area (Å²) in [6.45, 7) is 0.551. The lowest BCUT2D eigenvalue weighted by atomic mass is 9.89. The minimum atomic E-state index is -1.13. The van der Waals surface area contributed by atoms with Gasteiger partial charge in [0.05, 0.1) is 36.7 Å². The number of halogens is 1. The monoisotopic (exact) mass is 479 g/mol. The Labute approximate surface area is 200 Å². The number of fused-ring (bicyclic) bond motifs is 2. The van der Waals surface area contributed by atoms with Crippen molar-refractivity contribution in [2.75, 3.05) is 25.6 Å². The van der Waals surface area contributed by atoms with Crippen LogP contribution in [0.5, 0.6) is 0 Å². The van der Waals surface area contributed by atoms with Gasteiger partial charge in [0, 0.05) is 43.1 Å². The van der Waals surface area contributed by atoms with Crippen molar-refractivity contribution in [1.82, 2.24) is 29.5 Å². The molecular formula is C24H26FN7O3. The van der Waals surface area contributed by atoms with Crippen molar-refractivity contribution in [3.8, 4) is 11.3 Å². The van der Waals surface area contributed by atoms with E-state index in [4.69, 9.17) is 9.72 Å². The number of nitrogens with zero attached hydrogens (tertiary/aromatic N) is 5. The fourth-order valence-electron chi connectivity index (χ4n) is 4.88. The van der Waals surface area contributed by atoms with Gasteiger partial charge in [0.2, 0.25) is 0 Å². The second kappa shape index (κ2) is 8.58. The molecule has 2 aliphatic rings. The molecule has 2 fully saturated rings. The molecule has 1 saturated heterocycles. The quantitative estimate of drug-likeness (QED) is 0.402. The maximum Gasteiger partial charge on any atom is 0.257 e. The van der Waals surface area contributed by atoms with E-state index in [2.05, 4.69) is 20.7 Å². The zero-order valence-electron chi connectivity index (χ0n) is 19.2. The van der Waals surface area contributed by atoms with E-state index in [1.807, 2.05) is 29.0 Å². The van der Waals surface area contributed by atoms with Crippen molar-refractivity contribution < 1.29 is 19.0 Å². The number of ether oxygens (including phenoxy) is 1. The largest absolute Gasteiger partial charge is 0.391 e. The number of hydrogen-bond donors (Lipinski definition) is 3. The van der Waals surface area contributed by atoms with E-state index in [0.717, 1.165) is 17.4 Å². The fraction of sp³-hybridized carbons (Fsp3) is 0.417. The Morgan fingerprint density at radius 2 is 2.17 bits per heavy atom. The molecule has 1 saturated carbocycles. The molecular weight excluding hydrogens is 453 g/mol. The third-order valence-electron chi connectivity index (χ3n) is 7.00. The molecule has 35 heavy (non-hydrogen) atoms. The Balaban J connectivity index is 1.47. The number of aliphatic hydroxyl groups excluding tert-OH is 1. The Hall–Kier alpha value is -3.57. The molecule has 0 aromatic carbocycles. The van der Waals surface area contributed by atoms with Crippen LogP contribution >= 0.6 is 0 Å². The minimum absolute atomic E-state index is 0.0601. The van der Waals surface area contributed by atoms with Crippen molar-refractivity contribution in [3.05, 3.63) is 42.4 Å². The zero-order chi connectivity index (χ0) is 24.1. The third-order valence-corrected chi connectivity index (χ3v) is 7.00. The van der Waals surface area contributed by atoms with Crippen LogP contribution in [0, 0.1) is 0 Å². The normalized spacial score (nSPS) is 24.4. The lowest BCUT2D eigenvalue weighted by Gasteiger charge is -2.32. The van der Waals surface area contributed by atoms with Crippen molar-refractivity contribution in [3.63, 3.8) is 0 Å². The maximum atomic E-state index is 14.8. The first-order valence-electron chi connectivity index (χ1n) is 11.8. The number of aliphatic hydroxyl groups is 1. The summed E-state index contributed by atoms with van der Waals surface area (Å²) in [7, 11) is 1.77. The van der Waals surface area contributed by atoms with Gasteiger partial charge in [-0.15, -0.1) is 0 Å². The van der Waals surface area contributed by atoms with Gasteiger partial charge in [-0.25, -0.2) is 14.4 Å². The number of rotatable bonds is 5. The van der Waals surface area contributed by atoms with Crippen LogP contribution in [0.2, 0.25) is 0 Å². The Morgan fingerprint density at radius 3 is 2.91 bits per heavy atom. The van der Waals surface area contributed by atoms with Gasteiger partial charge in [-0.1, -0.05) is 0 Å². The second-order valence-corrected chi connectivity index (χ2v) is 9.07. The average molecular weight is 480 g/mol. The number of alkyl halides is 1. The number of carbonyl (C=O) groups is 1. The molecule has 5 heterocycles. The highest BCUT2D eigenvalue weighted by Crippen LogP contribution is 2.35. The molecule has 182 valence electrons. The number of anilines is 1. The molecule has 4 aromatic heterocycles. The van der Waals surface area contributed by atoms with Gasteiger partial charge in [-0.05, 0) is 31.4 Å². The highest BCUT2D eigenvalue weighted by atomic mass is 19.1. The summed E-state index contributed by atoms with van der Waals surface area (Å²) >= 11 is 0. The Kier molecular flexibility index (Phi) is 5.37. The van der Waals surface area contributed by atoms with E-state index < -0.39 is 12.3 Å².